The molecular formula is C22H22F6N8O4. The average Bonchev–Trinajstić information content (AvgIpc) is 3.47. The Bertz CT molecular complexity index is 1290. The van der Waals surface area contributed by atoms with Gasteiger partial charge in [-0.2, -0.15) is 31.4 Å². The van der Waals surface area contributed by atoms with E-state index >= 15 is 0 Å². The van der Waals surface area contributed by atoms with Crippen molar-refractivity contribution in [3.05, 3.63) is 84.4 Å². The smallest absolute Gasteiger partial charge is 0.475 e. The van der Waals surface area contributed by atoms with Gasteiger partial charge in [-0.25, -0.2) is 28.9 Å². The number of aromatic nitrogens is 6. The van der Waals surface area contributed by atoms with Gasteiger partial charge in [-0.05, 0) is 11.1 Å². The standard InChI is InChI=1S/2C9H10N4.2C2HF3O2/c10-9-11-7-13(12-9)6-8-4-2-1-3-5-8;10-9-11-7-12-13(9)6-8-4-2-1-3-5-8;2*3-2(4,5)1(6)7/h1-5,7H,6H2,(H2,10,12);1-5,7H,6H2,(H2,10,11,12);2*(H,6,7). The van der Waals surface area contributed by atoms with Gasteiger partial charge in [0.15, 0.2) is 0 Å². The zero-order chi connectivity index (χ0) is 30.3. The number of nitrogens with zero attached hydrogens (tertiary/aromatic N) is 6. The van der Waals surface area contributed by atoms with E-state index in [1.54, 1.807) is 15.7 Å². The number of nitrogens with two attached hydrogens (primary N) is 2. The molecule has 0 atom stereocenters. The summed E-state index contributed by atoms with van der Waals surface area (Å²) in [6, 6.07) is 20.1. The Morgan fingerprint density at radius 2 is 1.18 bits per heavy atom. The predicted octanol–water partition coefficient (Wildman–Crippen LogP) is 3.08. The van der Waals surface area contributed by atoms with E-state index in [2.05, 4.69) is 20.2 Å². The zero-order valence-corrected chi connectivity index (χ0v) is 20.2. The molecule has 0 aliphatic heterocycles. The number of alkyl halides is 6. The molecule has 0 saturated heterocycles. The molecule has 0 spiro atoms. The van der Waals surface area contributed by atoms with E-state index in [4.69, 9.17) is 31.3 Å². The van der Waals surface area contributed by atoms with Crippen LogP contribution in [0.3, 0.4) is 0 Å². The summed E-state index contributed by atoms with van der Waals surface area (Å²) in [5.41, 5.74) is 13.3. The largest absolute Gasteiger partial charge is 0.490 e. The monoisotopic (exact) mass is 576 g/mol. The number of hydrogen-bond donors (Lipinski definition) is 4. The number of benzene rings is 2. The highest BCUT2D eigenvalue weighted by molar-refractivity contribution is 5.73. The molecule has 18 heteroatoms. The fourth-order valence-electron chi connectivity index (χ4n) is 2.31. The molecule has 0 aliphatic rings. The van der Waals surface area contributed by atoms with Crippen molar-refractivity contribution in [2.75, 3.05) is 11.5 Å². The van der Waals surface area contributed by atoms with Crippen LogP contribution in [0.2, 0.25) is 0 Å². The number of anilines is 2. The zero-order valence-electron chi connectivity index (χ0n) is 20.2. The number of carbonyl (C=O) groups is 2. The molecule has 2 aromatic carbocycles. The molecule has 0 unspecified atom stereocenters. The van der Waals surface area contributed by atoms with Crippen LogP contribution in [0.15, 0.2) is 73.3 Å². The molecule has 2 aromatic heterocycles. The summed E-state index contributed by atoms with van der Waals surface area (Å²) in [5.74, 6) is -4.75. The van der Waals surface area contributed by atoms with Crippen LogP contribution >= 0.6 is 0 Å². The number of aliphatic carboxylic acids is 2. The number of halogens is 6. The van der Waals surface area contributed by atoms with E-state index in [0.717, 1.165) is 0 Å². The van der Waals surface area contributed by atoms with Gasteiger partial charge in [-0.1, -0.05) is 60.7 Å². The maximum absolute atomic E-state index is 10.6. The van der Waals surface area contributed by atoms with Crippen LogP contribution in [0.25, 0.3) is 0 Å². The van der Waals surface area contributed by atoms with E-state index < -0.39 is 24.3 Å². The Hall–Kier alpha value is -5.16. The fraction of sp³-hybridized carbons (Fsp3) is 0.182. The summed E-state index contributed by atoms with van der Waals surface area (Å²) in [6.45, 7) is 1.39. The third kappa shape index (κ3) is 13.4. The van der Waals surface area contributed by atoms with Gasteiger partial charge in [0.05, 0.1) is 13.1 Å². The van der Waals surface area contributed by atoms with Crippen LogP contribution in [0.1, 0.15) is 11.1 Å². The number of hydrogen-bond acceptors (Lipinski definition) is 8. The topological polar surface area (TPSA) is 188 Å². The molecule has 12 nitrogen and oxygen atoms in total. The quantitative estimate of drug-likeness (QED) is 0.263. The Labute approximate surface area is 221 Å². The van der Waals surface area contributed by atoms with Crippen molar-refractivity contribution in [1.82, 2.24) is 29.5 Å². The second-order valence-electron chi connectivity index (χ2n) is 7.15. The molecule has 4 aromatic rings. The lowest BCUT2D eigenvalue weighted by Crippen LogP contribution is -2.21. The Morgan fingerprint density at radius 3 is 1.50 bits per heavy atom. The van der Waals surface area contributed by atoms with E-state index in [1.165, 1.54) is 17.5 Å². The molecule has 0 amide bonds. The highest BCUT2D eigenvalue weighted by atomic mass is 19.4. The third-order valence-electron chi connectivity index (χ3n) is 4.05. The van der Waals surface area contributed by atoms with Crippen molar-refractivity contribution in [3.8, 4) is 0 Å². The summed E-state index contributed by atoms with van der Waals surface area (Å²) in [6.07, 6.45) is -7.08. The third-order valence-corrected chi connectivity index (χ3v) is 4.05. The molecule has 0 radical (unpaired) electrons. The first-order valence-electron chi connectivity index (χ1n) is 10.6. The second-order valence-corrected chi connectivity index (χ2v) is 7.15. The van der Waals surface area contributed by atoms with Crippen LogP contribution in [0, 0.1) is 0 Å². The SMILES string of the molecule is Nc1ncn(Cc2ccccc2)n1.Nc1ncnn1Cc1ccccc1.O=C(O)C(F)(F)F.O=C(O)C(F)(F)F. The van der Waals surface area contributed by atoms with Gasteiger partial charge in [0.2, 0.25) is 11.9 Å². The molecule has 0 saturated carbocycles. The molecule has 40 heavy (non-hydrogen) atoms. The molecule has 6 N–H and O–H groups in total. The van der Waals surface area contributed by atoms with Crippen molar-refractivity contribution in [3.63, 3.8) is 0 Å². The van der Waals surface area contributed by atoms with E-state index in [0.29, 0.717) is 25.0 Å². The van der Waals surface area contributed by atoms with Gasteiger partial charge in [0, 0.05) is 0 Å². The minimum atomic E-state index is -5.08. The highest BCUT2D eigenvalue weighted by Crippen LogP contribution is 2.13. The van der Waals surface area contributed by atoms with Gasteiger partial charge in [-0.3, -0.25) is 0 Å². The fourth-order valence-corrected chi connectivity index (χ4v) is 2.31. The molecule has 4 rings (SSSR count). The molecular weight excluding hydrogens is 554 g/mol. The first-order chi connectivity index (χ1) is 18.6. The number of carboxylic acid groups (broad SMARTS) is 2. The first kappa shape index (κ1) is 32.9. The minimum Gasteiger partial charge on any atom is -0.475 e. The summed E-state index contributed by atoms with van der Waals surface area (Å²) in [5, 5.41) is 22.2. The predicted molar refractivity (Wildman–Crippen MR) is 127 cm³/mol. The van der Waals surface area contributed by atoms with Crippen molar-refractivity contribution in [2.24, 2.45) is 0 Å². The summed E-state index contributed by atoms with van der Waals surface area (Å²) in [4.78, 5) is 25.5. The van der Waals surface area contributed by atoms with E-state index in [9.17, 15) is 26.3 Å². The minimum absolute atomic E-state index is 0.316. The van der Waals surface area contributed by atoms with Crippen molar-refractivity contribution < 1.29 is 46.1 Å². The lowest BCUT2D eigenvalue weighted by atomic mass is 10.2. The highest BCUT2D eigenvalue weighted by Gasteiger charge is 2.38. The van der Waals surface area contributed by atoms with Gasteiger partial charge < -0.3 is 21.7 Å². The lowest BCUT2D eigenvalue weighted by molar-refractivity contribution is -0.193. The van der Waals surface area contributed by atoms with Gasteiger partial charge in [0.25, 0.3) is 0 Å². The van der Waals surface area contributed by atoms with Crippen molar-refractivity contribution in [1.29, 1.82) is 0 Å². The van der Waals surface area contributed by atoms with Crippen LogP contribution in [0.4, 0.5) is 38.2 Å². The number of rotatable bonds is 4. The first-order valence-corrected chi connectivity index (χ1v) is 10.6. The number of carboxylic acids is 2. The molecule has 216 valence electrons. The number of nitrogen functional groups attached to an aromatic ring is 2. The summed E-state index contributed by atoms with van der Waals surface area (Å²) in [7, 11) is 0. The Kier molecular flexibility index (Phi) is 12.6. The van der Waals surface area contributed by atoms with E-state index in [1.807, 2.05) is 60.7 Å². The molecule has 2 heterocycles. The maximum atomic E-state index is 10.6. The van der Waals surface area contributed by atoms with E-state index in [-0.39, 0.29) is 0 Å². The van der Waals surface area contributed by atoms with Crippen molar-refractivity contribution in [2.45, 2.75) is 25.4 Å². The van der Waals surface area contributed by atoms with Crippen LogP contribution in [0.5, 0.6) is 0 Å². The summed E-state index contributed by atoms with van der Waals surface area (Å²) < 4.78 is 66.8. The lowest BCUT2D eigenvalue weighted by Gasteiger charge is -2.01. The molecule has 0 bridgehead atoms. The van der Waals surface area contributed by atoms with Gasteiger partial charge in [-0.15, -0.1) is 5.10 Å². The Morgan fingerprint density at radius 1 is 0.750 bits per heavy atom. The van der Waals surface area contributed by atoms with Crippen LogP contribution in [-0.2, 0) is 22.7 Å². The maximum Gasteiger partial charge on any atom is 0.490 e. The van der Waals surface area contributed by atoms with Gasteiger partial charge >= 0.3 is 24.3 Å². The molecule has 0 fully saturated rings. The second kappa shape index (κ2) is 15.3. The average molecular weight is 576 g/mol. The Balaban J connectivity index is 0.000000280. The van der Waals surface area contributed by atoms with Crippen LogP contribution < -0.4 is 11.5 Å². The summed E-state index contributed by atoms with van der Waals surface area (Å²) >= 11 is 0. The normalized spacial score (nSPS) is 10.6. The van der Waals surface area contributed by atoms with Crippen LogP contribution in [-0.4, -0.2) is 64.0 Å². The van der Waals surface area contributed by atoms with Gasteiger partial charge in [0.1, 0.15) is 12.7 Å². The molecule has 0 aliphatic carbocycles. The van der Waals surface area contributed by atoms with Crippen molar-refractivity contribution >= 4 is 23.8 Å².